The Morgan fingerprint density at radius 3 is 2.47 bits per heavy atom. The lowest BCUT2D eigenvalue weighted by atomic mass is 9.97. The molecule has 0 radical (unpaired) electrons. The van der Waals surface area contributed by atoms with E-state index in [0.29, 0.717) is 0 Å². The molecule has 5 nitrogen and oxygen atoms in total. The van der Waals surface area contributed by atoms with Gasteiger partial charge in [-0.05, 0) is 26.3 Å². The summed E-state index contributed by atoms with van der Waals surface area (Å²) >= 11 is 0. The normalized spacial score (nSPS) is 23.9. The molecule has 1 saturated heterocycles. The van der Waals surface area contributed by atoms with Crippen molar-refractivity contribution in [2.75, 3.05) is 20.8 Å². The maximum Gasteiger partial charge on any atom is 0.308 e. The second kappa shape index (κ2) is 7.62. The fourth-order valence-electron chi connectivity index (χ4n) is 1.85. The number of methoxy groups -OCH3 is 1. The fourth-order valence-corrected chi connectivity index (χ4v) is 1.85. The minimum atomic E-state index is -0.791. The molecule has 1 rings (SSSR count). The van der Waals surface area contributed by atoms with Crippen molar-refractivity contribution in [1.82, 2.24) is 5.32 Å². The molecule has 3 atom stereocenters. The highest BCUT2D eigenvalue weighted by Gasteiger charge is 2.32. The van der Waals surface area contributed by atoms with Crippen molar-refractivity contribution < 1.29 is 19.7 Å². The predicted octanol–water partition coefficient (Wildman–Crippen LogP) is 0.0826. The number of hydrogen-bond donors (Lipinski definition) is 3. The molecule has 90 valence electrons. The molecule has 0 aliphatic carbocycles. The molecule has 1 aliphatic rings. The van der Waals surface area contributed by atoms with Crippen molar-refractivity contribution in [1.29, 1.82) is 0 Å². The summed E-state index contributed by atoms with van der Waals surface area (Å²) in [5.74, 6) is -1.24. The summed E-state index contributed by atoms with van der Waals surface area (Å²) in [7, 11) is 2.57. The van der Waals surface area contributed by atoms with Gasteiger partial charge < -0.3 is 20.3 Å². The van der Waals surface area contributed by atoms with Crippen LogP contribution in [0.2, 0.25) is 0 Å². The van der Waals surface area contributed by atoms with Crippen molar-refractivity contribution in [2.45, 2.75) is 31.9 Å². The van der Waals surface area contributed by atoms with E-state index in [4.69, 9.17) is 14.9 Å². The lowest BCUT2D eigenvalue weighted by Gasteiger charge is -2.25. The van der Waals surface area contributed by atoms with Crippen LogP contribution in [0.5, 0.6) is 0 Å². The number of ether oxygens (including phenoxy) is 1. The molecule has 3 N–H and O–H groups in total. The van der Waals surface area contributed by atoms with Crippen LogP contribution in [0.1, 0.15) is 19.8 Å². The van der Waals surface area contributed by atoms with Gasteiger partial charge in [0.15, 0.2) is 0 Å². The molecule has 15 heavy (non-hydrogen) atoms. The first kappa shape index (κ1) is 14.3. The Balaban J connectivity index is 0.000000921. The quantitative estimate of drug-likeness (QED) is 0.624. The largest absolute Gasteiger partial charge is 0.481 e. The third-order valence-electron chi connectivity index (χ3n) is 2.65. The lowest BCUT2D eigenvalue weighted by molar-refractivity contribution is -0.146. The number of nitrogens with one attached hydrogen (secondary N) is 1. The Kier molecular flexibility index (Phi) is 7.29. The zero-order valence-corrected chi connectivity index (χ0v) is 9.56. The van der Waals surface area contributed by atoms with Gasteiger partial charge in [-0.3, -0.25) is 4.79 Å². The maximum atomic E-state index is 10.7. The lowest BCUT2D eigenvalue weighted by Crippen LogP contribution is -2.43. The van der Waals surface area contributed by atoms with Crippen LogP contribution in [0, 0.1) is 5.92 Å². The summed E-state index contributed by atoms with van der Waals surface area (Å²) in [6.07, 6.45) is 1.91. The average Bonchev–Trinajstić information content (AvgIpc) is 2.75. The van der Waals surface area contributed by atoms with E-state index in [2.05, 4.69) is 5.32 Å². The van der Waals surface area contributed by atoms with Gasteiger partial charge in [0.1, 0.15) is 0 Å². The Bertz CT molecular complexity index is 180. The van der Waals surface area contributed by atoms with E-state index in [-0.39, 0.29) is 12.1 Å². The molecule has 0 bridgehead atoms. The fraction of sp³-hybridized carbons (Fsp3) is 0.900. The van der Waals surface area contributed by atoms with E-state index in [1.54, 1.807) is 14.0 Å². The number of aliphatic hydroxyl groups is 1. The highest BCUT2D eigenvalue weighted by atomic mass is 16.5. The van der Waals surface area contributed by atoms with Crippen LogP contribution in [-0.2, 0) is 9.53 Å². The monoisotopic (exact) mass is 219 g/mol. The summed E-state index contributed by atoms with van der Waals surface area (Å²) < 4.78 is 5.21. The third kappa shape index (κ3) is 4.15. The van der Waals surface area contributed by atoms with Gasteiger partial charge >= 0.3 is 5.97 Å². The molecule has 0 aromatic carbocycles. The molecule has 1 fully saturated rings. The van der Waals surface area contributed by atoms with E-state index in [1.165, 1.54) is 0 Å². The van der Waals surface area contributed by atoms with Crippen LogP contribution in [0.3, 0.4) is 0 Å². The van der Waals surface area contributed by atoms with Crippen molar-refractivity contribution in [2.24, 2.45) is 5.92 Å². The van der Waals surface area contributed by atoms with Crippen LogP contribution in [-0.4, -0.2) is 49.1 Å². The first-order valence-corrected chi connectivity index (χ1v) is 5.10. The van der Waals surface area contributed by atoms with Gasteiger partial charge in [0.05, 0.1) is 12.0 Å². The van der Waals surface area contributed by atoms with Crippen molar-refractivity contribution in [3.05, 3.63) is 0 Å². The molecule has 0 aromatic heterocycles. The topological polar surface area (TPSA) is 78.8 Å². The highest BCUT2D eigenvalue weighted by molar-refractivity contribution is 5.70. The molecule has 0 aromatic rings. The molecule has 3 unspecified atom stereocenters. The number of carboxylic acid groups (broad SMARTS) is 1. The number of rotatable bonds is 4. The standard InChI is InChI=1S/C9H17NO3.CH4O/c1-6(9(11)12)8(13-2)7-4-3-5-10-7;1-2/h6-8,10H,3-5H2,1-2H3,(H,11,12);2H,1H3. The number of aliphatic carboxylic acids is 1. The van der Waals surface area contributed by atoms with Gasteiger partial charge in [-0.15, -0.1) is 0 Å². The van der Waals surface area contributed by atoms with Gasteiger partial charge in [-0.1, -0.05) is 0 Å². The van der Waals surface area contributed by atoms with Gasteiger partial charge in [0, 0.05) is 20.3 Å². The second-order valence-electron chi connectivity index (χ2n) is 3.53. The van der Waals surface area contributed by atoms with Crippen LogP contribution in [0.15, 0.2) is 0 Å². The van der Waals surface area contributed by atoms with E-state index in [9.17, 15) is 4.79 Å². The first-order chi connectivity index (χ1) is 7.16. The minimum absolute atomic E-state index is 0.205. The highest BCUT2D eigenvalue weighted by Crippen LogP contribution is 2.18. The number of carbonyl (C=O) groups is 1. The smallest absolute Gasteiger partial charge is 0.308 e. The van der Waals surface area contributed by atoms with E-state index in [1.807, 2.05) is 0 Å². The Hall–Kier alpha value is -0.650. The third-order valence-corrected chi connectivity index (χ3v) is 2.65. The van der Waals surface area contributed by atoms with Crippen molar-refractivity contribution in [3.8, 4) is 0 Å². The molecular weight excluding hydrogens is 198 g/mol. The van der Waals surface area contributed by atoms with Crippen LogP contribution < -0.4 is 5.32 Å². The Labute approximate surface area is 90.4 Å². The first-order valence-electron chi connectivity index (χ1n) is 5.10. The van der Waals surface area contributed by atoms with Gasteiger partial charge in [0.25, 0.3) is 0 Å². The number of hydrogen-bond acceptors (Lipinski definition) is 4. The molecule has 5 heteroatoms. The summed E-state index contributed by atoms with van der Waals surface area (Å²) in [4.78, 5) is 10.7. The zero-order valence-electron chi connectivity index (χ0n) is 9.56. The molecule has 0 spiro atoms. The SMILES string of the molecule is CO.COC(C1CCCN1)C(C)C(=O)O. The summed E-state index contributed by atoms with van der Waals surface area (Å²) in [5.41, 5.74) is 0. The van der Waals surface area contributed by atoms with Gasteiger partial charge in [-0.25, -0.2) is 0 Å². The Morgan fingerprint density at radius 2 is 2.13 bits per heavy atom. The van der Waals surface area contributed by atoms with Crippen LogP contribution in [0.25, 0.3) is 0 Å². The van der Waals surface area contributed by atoms with Crippen LogP contribution >= 0.6 is 0 Å². The maximum absolute atomic E-state index is 10.7. The van der Waals surface area contributed by atoms with Gasteiger partial charge in [0.2, 0.25) is 0 Å². The second-order valence-corrected chi connectivity index (χ2v) is 3.53. The minimum Gasteiger partial charge on any atom is -0.481 e. The average molecular weight is 219 g/mol. The number of carboxylic acids is 1. The van der Waals surface area contributed by atoms with Crippen molar-refractivity contribution >= 4 is 5.97 Å². The van der Waals surface area contributed by atoms with E-state index < -0.39 is 11.9 Å². The van der Waals surface area contributed by atoms with E-state index >= 15 is 0 Å². The predicted molar refractivity (Wildman–Crippen MR) is 56.8 cm³/mol. The van der Waals surface area contributed by atoms with E-state index in [0.717, 1.165) is 26.5 Å². The van der Waals surface area contributed by atoms with Gasteiger partial charge in [-0.2, -0.15) is 0 Å². The molecule has 0 amide bonds. The number of aliphatic hydroxyl groups excluding tert-OH is 1. The summed E-state index contributed by atoms with van der Waals surface area (Å²) in [6, 6.07) is 0.205. The van der Waals surface area contributed by atoms with Crippen LogP contribution in [0.4, 0.5) is 0 Å². The molecule has 0 saturated carbocycles. The van der Waals surface area contributed by atoms with Crippen molar-refractivity contribution in [3.63, 3.8) is 0 Å². The Morgan fingerprint density at radius 1 is 1.53 bits per heavy atom. The molecule has 1 aliphatic heterocycles. The summed E-state index contributed by atoms with van der Waals surface area (Å²) in [5, 5.41) is 19.1. The molecule has 1 heterocycles. The molecular formula is C10H21NO4. The summed E-state index contributed by atoms with van der Waals surface area (Å²) in [6.45, 7) is 2.66. The zero-order chi connectivity index (χ0) is 11.8.